The van der Waals surface area contributed by atoms with Crippen LogP contribution in [-0.2, 0) is 20.1 Å². The Morgan fingerprint density at radius 3 is 2.20 bits per heavy atom. The van der Waals surface area contributed by atoms with E-state index in [1.165, 1.54) is 10.8 Å². The first-order chi connectivity index (χ1) is 21.3. The topological polar surface area (TPSA) is 38.9 Å². The summed E-state index contributed by atoms with van der Waals surface area (Å²) in [7, 11) is -1.23. The summed E-state index contributed by atoms with van der Waals surface area (Å²) < 4.78 is 6.33. The largest absolute Gasteiger partial charge is 0.501 e. The predicted octanol–water partition coefficient (Wildman–Crippen LogP) is 10.3. The Labute approximate surface area is 280 Å². The standard InChI is InChI=1S/C26H20NO.C14H16NSi.Ir/c1-17(2)19-14-15-27-23(16-19)21-13-12-20(18-8-4-3-5-9-18)25-22-10-6-7-11-24(22)28-26(21)25;1-16(2,3)13-9-10-14(15-11-13)12-7-5-4-6-8-12;/h3-12,14-17H,1-2H3;4-7,9-11H,1-3H3;/q2*-1;. The fraction of sp³-hybridized carbons (Fsp3) is 0.150. The fourth-order valence-electron chi connectivity index (χ4n) is 5.30. The minimum absolute atomic E-state index is 0. The van der Waals surface area contributed by atoms with Gasteiger partial charge < -0.3 is 14.4 Å². The van der Waals surface area contributed by atoms with Crippen LogP contribution in [0.2, 0.25) is 19.6 Å². The third-order valence-corrected chi connectivity index (χ3v) is 9.89. The first-order valence-electron chi connectivity index (χ1n) is 15.1. The fourth-order valence-corrected chi connectivity index (χ4v) is 6.33. The van der Waals surface area contributed by atoms with Gasteiger partial charge in [-0.2, -0.15) is 0 Å². The van der Waals surface area contributed by atoms with Gasteiger partial charge in [-0.25, -0.2) is 0 Å². The van der Waals surface area contributed by atoms with Crippen molar-refractivity contribution in [3.05, 3.63) is 139 Å². The molecule has 3 aromatic heterocycles. The molecule has 0 aliphatic heterocycles. The Morgan fingerprint density at radius 1 is 0.756 bits per heavy atom. The quantitative estimate of drug-likeness (QED) is 0.129. The number of aromatic nitrogens is 2. The van der Waals surface area contributed by atoms with Crippen LogP contribution in [0.3, 0.4) is 0 Å². The Bertz CT molecular complexity index is 2010. The van der Waals surface area contributed by atoms with Crippen LogP contribution < -0.4 is 5.19 Å². The second-order valence-corrected chi connectivity index (χ2v) is 17.4. The van der Waals surface area contributed by atoms with Gasteiger partial charge >= 0.3 is 0 Å². The van der Waals surface area contributed by atoms with E-state index in [1.807, 2.05) is 54.9 Å². The van der Waals surface area contributed by atoms with E-state index in [-0.39, 0.29) is 20.1 Å². The molecule has 0 amide bonds. The molecular formula is C40H36IrN2OSi-2. The average molecular weight is 781 g/mol. The van der Waals surface area contributed by atoms with Crippen molar-refractivity contribution >= 4 is 35.2 Å². The van der Waals surface area contributed by atoms with Gasteiger partial charge in [0.1, 0.15) is 5.58 Å². The van der Waals surface area contributed by atoms with Gasteiger partial charge in [-0.15, -0.1) is 48.0 Å². The second kappa shape index (κ2) is 13.9. The molecule has 0 saturated carbocycles. The summed E-state index contributed by atoms with van der Waals surface area (Å²) in [5.74, 6) is 0.441. The van der Waals surface area contributed by atoms with Crippen molar-refractivity contribution in [2.45, 2.75) is 39.4 Å². The van der Waals surface area contributed by atoms with E-state index in [0.717, 1.165) is 55.6 Å². The van der Waals surface area contributed by atoms with Crippen LogP contribution >= 0.6 is 0 Å². The summed E-state index contributed by atoms with van der Waals surface area (Å²) in [6.45, 7) is 11.4. The number of nitrogens with zero attached hydrogens (tertiary/aromatic N) is 2. The van der Waals surface area contributed by atoms with Crippen molar-refractivity contribution in [2.24, 2.45) is 0 Å². The van der Waals surface area contributed by atoms with Gasteiger partial charge in [0.2, 0.25) is 0 Å². The second-order valence-electron chi connectivity index (χ2n) is 12.3. The summed E-state index contributed by atoms with van der Waals surface area (Å²) in [6.07, 6.45) is 3.89. The van der Waals surface area contributed by atoms with Gasteiger partial charge in [-0.3, -0.25) is 0 Å². The molecule has 0 N–H and O–H groups in total. The average Bonchev–Trinajstić information content (AvgIpc) is 3.45. The zero-order chi connectivity index (χ0) is 30.7. The number of benzene rings is 4. The molecule has 3 nitrogen and oxygen atoms in total. The SMILES string of the molecule is CC(C)c1ccnc(-c2[c-]cc(-c3ccccc3)c3c2oc2ccccc23)c1.C[Si](C)(C)c1ccc(-c2[c-]cccc2)nc1.[Ir]. The molecular weight excluding hydrogens is 745 g/mol. The summed E-state index contributed by atoms with van der Waals surface area (Å²) in [4.78, 5) is 9.14. The molecule has 0 aliphatic rings. The number of hydrogen-bond acceptors (Lipinski definition) is 3. The van der Waals surface area contributed by atoms with Gasteiger partial charge in [0.25, 0.3) is 0 Å². The molecule has 1 radical (unpaired) electrons. The Morgan fingerprint density at radius 2 is 1.51 bits per heavy atom. The van der Waals surface area contributed by atoms with E-state index in [2.05, 4.69) is 122 Å². The predicted molar refractivity (Wildman–Crippen MR) is 187 cm³/mol. The number of fused-ring (bicyclic) bond motifs is 3. The Kier molecular flexibility index (Phi) is 9.94. The maximum Gasteiger partial charge on any atom is 0.120 e. The Hall–Kier alpha value is -4.15. The van der Waals surface area contributed by atoms with Crippen LogP contribution in [-0.4, -0.2) is 18.0 Å². The van der Waals surface area contributed by atoms with Crippen LogP contribution in [0.25, 0.3) is 55.6 Å². The molecule has 4 aromatic carbocycles. The van der Waals surface area contributed by atoms with Crippen LogP contribution in [0.15, 0.2) is 126 Å². The zero-order valence-corrected chi connectivity index (χ0v) is 29.7. The van der Waals surface area contributed by atoms with Crippen LogP contribution in [0.5, 0.6) is 0 Å². The maximum atomic E-state index is 6.33. The summed E-state index contributed by atoms with van der Waals surface area (Å²) in [5, 5.41) is 3.63. The van der Waals surface area contributed by atoms with Crippen molar-refractivity contribution in [3.8, 4) is 33.6 Å². The smallest absolute Gasteiger partial charge is 0.120 e. The molecule has 0 atom stereocenters. The van der Waals surface area contributed by atoms with E-state index in [1.54, 1.807) is 0 Å². The molecule has 3 heterocycles. The monoisotopic (exact) mass is 781 g/mol. The molecule has 0 fully saturated rings. The zero-order valence-electron chi connectivity index (χ0n) is 26.3. The molecule has 0 spiro atoms. The van der Waals surface area contributed by atoms with Gasteiger partial charge in [0, 0.05) is 37.9 Å². The van der Waals surface area contributed by atoms with E-state index in [9.17, 15) is 0 Å². The maximum absolute atomic E-state index is 6.33. The van der Waals surface area contributed by atoms with Crippen LogP contribution in [0.1, 0.15) is 25.3 Å². The molecule has 0 saturated heterocycles. The van der Waals surface area contributed by atoms with Crippen LogP contribution in [0.4, 0.5) is 0 Å². The summed E-state index contributed by atoms with van der Waals surface area (Å²) in [6, 6.07) is 43.8. The Balaban J connectivity index is 0.000000202. The van der Waals surface area contributed by atoms with Gasteiger partial charge in [-0.1, -0.05) is 122 Å². The molecule has 7 rings (SSSR count). The minimum atomic E-state index is -1.23. The van der Waals surface area contributed by atoms with E-state index in [4.69, 9.17) is 4.42 Å². The number of furan rings is 1. The molecule has 5 heteroatoms. The van der Waals surface area contributed by atoms with Crippen molar-refractivity contribution < 1.29 is 24.5 Å². The van der Waals surface area contributed by atoms with Crippen LogP contribution in [0, 0.1) is 12.1 Å². The molecule has 45 heavy (non-hydrogen) atoms. The molecule has 0 bridgehead atoms. The number of hydrogen-bond donors (Lipinski definition) is 0. The van der Waals surface area contributed by atoms with Crippen molar-refractivity contribution in [1.29, 1.82) is 0 Å². The van der Waals surface area contributed by atoms with E-state index in [0.29, 0.717) is 5.92 Å². The van der Waals surface area contributed by atoms with Crippen molar-refractivity contribution in [2.75, 3.05) is 0 Å². The third-order valence-electron chi connectivity index (χ3n) is 7.86. The van der Waals surface area contributed by atoms with Crippen molar-refractivity contribution in [3.63, 3.8) is 0 Å². The first kappa shape index (κ1) is 32.2. The summed E-state index contributed by atoms with van der Waals surface area (Å²) >= 11 is 0. The molecule has 227 valence electrons. The van der Waals surface area contributed by atoms with Gasteiger partial charge in [0.15, 0.2) is 0 Å². The van der Waals surface area contributed by atoms with E-state index >= 15 is 0 Å². The minimum Gasteiger partial charge on any atom is -0.501 e. The molecule has 0 aliphatic carbocycles. The first-order valence-corrected chi connectivity index (χ1v) is 18.6. The molecule has 7 aromatic rings. The van der Waals surface area contributed by atoms with Crippen molar-refractivity contribution in [1.82, 2.24) is 9.97 Å². The summed E-state index contributed by atoms with van der Waals surface area (Å²) in [5.41, 5.74) is 9.15. The number of para-hydroxylation sites is 1. The van der Waals surface area contributed by atoms with Gasteiger partial charge in [-0.05, 0) is 40.0 Å². The van der Waals surface area contributed by atoms with Gasteiger partial charge in [0.05, 0.1) is 13.7 Å². The van der Waals surface area contributed by atoms with E-state index < -0.39 is 8.07 Å². The normalized spacial score (nSPS) is 11.2. The number of pyridine rings is 2. The molecule has 0 unspecified atom stereocenters. The third kappa shape index (κ3) is 7.07. The number of rotatable bonds is 5.